The number of hydrogen-bond donors (Lipinski definition) is 1. The maximum Gasteiger partial charge on any atom is 0.319 e. The molecule has 5 heteroatoms. The maximum absolute atomic E-state index is 12.2. The van der Waals surface area contributed by atoms with Crippen LogP contribution < -0.4 is 0 Å². The molecular weight excluding hydrogens is 232 g/mol. The molecule has 1 rings (SSSR count). The summed E-state index contributed by atoms with van der Waals surface area (Å²) in [6.07, 6.45) is 2.73. The largest absolute Gasteiger partial charge is 0.481 e. The second kappa shape index (κ2) is 6.61. The van der Waals surface area contributed by atoms with E-state index in [2.05, 4.69) is 13.8 Å². The minimum absolute atomic E-state index is 0.0276. The van der Waals surface area contributed by atoms with E-state index >= 15 is 0 Å². The van der Waals surface area contributed by atoms with E-state index in [1.165, 1.54) is 0 Å². The van der Waals surface area contributed by atoms with Gasteiger partial charge in [0.25, 0.3) is 0 Å². The van der Waals surface area contributed by atoms with Crippen LogP contribution in [-0.4, -0.2) is 53.1 Å². The molecule has 0 aromatic heterocycles. The second-order valence-electron chi connectivity index (χ2n) is 5.37. The summed E-state index contributed by atoms with van der Waals surface area (Å²) >= 11 is 0. The number of nitrogens with zero attached hydrogens (tertiary/aromatic N) is 2. The minimum atomic E-state index is -0.809. The van der Waals surface area contributed by atoms with E-state index < -0.39 is 5.97 Å². The lowest BCUT2D eigenvalue weighted by molar-refractivity contribution is -0.137. The number of urea groups is 1. The first-order valence-electron chi connectivity index (χ1n) is 6.65. The molecule has 104 valence electrons. The van der Waals surface area contributed by atoms with Gasteiger partial charge >= 0.3 is 12.0 Å². The van der Waals surface area contributed by atoms with E-state index in [1.54, 1.807) is 11.9 Å². The Labute approximate surface area is 109 Å². The Morgan fingerprint density at radius 2 is 2.06 bits per heavy atom. The number of carbonyl (C=O) groups is 2. The third kappa shape index (κ3) is 4.20. The normalized spacial score (nSPS) is 23.8. The summed E-state index contributed by atoms with van der Waals surface area (Å²) in [5.74, 6) is -0.127. The fourth-order valence-corrected chi connectivity index (χ4v) is 2.47. The van der Waals surface area contributed by atoms with Crippen LogP contribution in [0.4, 0.5) is 4.79 Å². The summed E-state index contributed by atoms with van der Waals surface area (Å²) in [5.41, 5.74) is 0. The number of amides is 2. The molecule has 2 atom stereocenters. The number of aliphatic carboxylic acids is 1. The Hall–Kier alpha value is -1.26. The zero-order valence-corrected chi connectivity index (χ0v) is 11.6. The SMILES string of the molecule is CC1CCN(C(=O)N(C)CCCC(=O)O)C(C)C1. The highest BCUT2D eigenvalue weighted by molar-refractivity contribution is 5.74. The standard InChI is InChI=1S/C13H24N2O3/c1-10-6-8-15(11(2)9-10)13(18)14(3)7-4-5-12(16)17/h10-11H,4-9H2,1-3H3,(H,16,17). The van der Waals surface area contributed by atoms with Gasteiger partial charge in [-0.1, -0.05) is 6.92 Å². The van der Waals surface area contributed by atoms with E-state index in [0.717, 1.165) is 19.4 Å². The van der Waals surface area contributed by atoms with E-state index in [4.69, 9.17) is 5.11 Å². The first-order chi connectivity index (χ1) is 8.41. The molecule has 0 aromatic carbocycles. The molecule has 2 amide bonds. The highest BCUT2D eigenvalue weighted by atomic mass is 16.4. The van der Waals surface area contributed by atoms with Crippen molar-refractivity contribution in [3.05, 3.63) is 0 Å². The fourth-order valence-electron chi connectivity index (χ4n) is 2.47. The number of carbonyl (C=O) groups excluding carboxylic acids is 1. The molecule has 1 aliphatic rings. The van der Waals surface area contributed by atoms with Gasteiger partial charge in [-0.2, -0.15) is 0 Å². The Balaban J connectivity index is 2.40. The first kappa shape index (κ1) is 14.8. The molecule has 2 unspecified atom stereocenters. The second-order valence-corrected chi connectivity index (χ2v) is 5.37. The van der Waals surface area contributed by atoms with Crippen molar-refractivity contribution in [2.75, 3.05) is 20.1 Å². The fraction of sp³-hybridized carbons (Fsp3) is 0.846. The van der Waals surface area contributed by atoms with Crippen molar-refractivity contribution in [2.45, 2.75) is 45.6 Å². The highest BCUT2D eigenvalue weighted by Gasteiger charge is 2.28. The van der Waals surface area contributed by atoms with E-state index in [9.17, 15) is 9.59 Å². The van der Waals surface area contributed by atoms with Crippen molar-refractivity contribution in [1.29, 1.82) is 0 Å². The van der Waals surface area contributed by atoms with Gasteiger partial charge < -0.3 is 14.9 Å². The van der Waals surface area contributed by atoms with E-state index in [-0.39, 0.29) is 18.5 Å². The summed E-state index contributed by atoms with van der Waals surface area (Å²) in [4.78, 5) is 26.2. The van der Waals surface area contributed by atoms with Gasteiger partial charge in [-0.05, 0) is 32.1 Å². The van der Waals surface area contributed by atoms with Gasteiger partial charge in [0.05, 0.1) is 0 Å². The molecule has 1 fully saturated rings. The van der Waals surface area contributed by atoms with E-state index in [1.807, 2.05) is 4.90 Å². The molecule has 1 heterocycles. The highest BCUT2D eigenvalue weighted by Crippen LogP contribution is 2.22. The van der Waals surface area contributed by atoms with Crippen LogP contribution in [0, 0.1) is 5.92 Å². The molecule has 0 aliphatic carbocycles. The summed E-state index contributed by atoms with van der Waals surface area (Å²) in [6, 6.07) is 0.308. The van der Waals surface area contributed by atoms with E-state index in [0.29, 0.717) is 18.9 Å². The Morgan fingerprint density at radius 3 is 2.61 bits per heavy atom. The number of likely N-dealkylation sites (tertiary alicyclic amines) is 1. The smallest absolute Gasteiger partial charge is 0.319 e. The number of carboxylic acids is 1. The summed E-state index contributed by atoms with van der Waals surface area (Å²) < 4.78 is 0. The molecular formula is C13H24N2O3. The Morgan fingerprint density at radius 1 is 1.39 bits per heavy atom. The Bertz CT molecular complexity index is 307. The van der Waals surface area contributed by atoms with Gasteiger partial charge in [0.15, 0.2) is 0 Å². The molecule has 1 aliphatic heterocycles. The molecule has 0 aromatic rings. The monoisotopic (exact) mass is 256 g/mol. The molecule has 1 saturated heterocycles. The predicted octanol–water partition coefficient (Wildman–Crippen LogP) is 2.02. The minimum Gasteiger partial charge on any atom is -0.481 e. The molecule has 0 saturated carbocycles. The number of hydrogen-bond acceptors (Lipinski definition) is 2. The zero-order valence-electron chi connectivity index (χ0n) is 11.6. The van der Waals surface area contributed by atoms with Crippen molar-refractivity contribution in [3.63, 3.8) is 0 Å². The van der Waals surface area contributed by atoms with Crippen LogP contribution in [0.5, 0.6) is 0 Å². The van der Waals surface area contributed by atoms with Crippen molar-refractivity contribution in [3.8, 4) is 0 Å². The third-order valence-electron chi connectivity index (χ3n) is 3.59. The van der Waals surface area contributed by atoms with Crippen molar-refractivity contribution >= 4 is 12.0 Å². The number of carboxylic acid groups (broad SMARTS) is 1. The zero-order chi connectivity index (χ0) is 13.7. The van der Waals surface area contributed by atoms with Crippen LogP contribution in [0.25, 0.3) is 0 Å². The maximum atomic E-state index is 12.2. The number of piperidine rings is 1. The van der Waals surface area contributed by atoms with Crippen molar-refractivity contribution in [1.82, 2.24) is 9.80 Å². The topological polar surface area (TPSA) is 60.9 Å². The van der Waals surface area contributed by atoms with Crippen LogP contribution >= 0.6 is 0 Å². The molecule has 0 spiro atoms. The van der Waals surface area contributed by atoms with Gasteiger partial charge in [0.2, 0.25) is 0 Å². The predicted molar refractivity (Wildman–Crippen MR) is 69.5 cm³/mol. The van der Waals surface area contributed by atoms with Crippen molar-refractivity contribution in [2.24, 2.45) is 5.92 Å². The van der Waals surface area contributed by atoms with Crippen LogP contribution in [0.1, 0.15) is 39.5 Å². The molecule has 1 N–H and O–H groups in total. The van der Waals surface area contributed by atoms with Gasteiger partial charge in [0, 0.05) is 32.6 Å². The lowest BCUT2D eigenvalue weighted by Gasteiger charge is -2.38. The Kier molecular flexibility index (Phi) is 5.44. The molecule has 5 nitrogen and oxygen atoms in total. The van der Waals surface area contributed by atoms with Gasteiger partial charge in [-0.25, -0.2) is 4.79 Å². The molecule has 0 radical (unpaired) electrons. The summed E-state index contributed by atoms with van der Waals surface area (Å²) in [7, 11) is 1.74. The number of rotatable bonds is 4. The quantitative estimate of drug-likeness (QED) is 0.837. The van der Waals surface area contributed by atoms with Crippen LogP contribution in [-0.2, 0) is 4.79 Å². The van der Waals surface area contributed by atoms with Gasteiger partial charge in [0.1, 0.15) is 0 Å². The van der Waals surface area contributed by atoms with Crippen LogP contribution in [0.2, 0.25) is 0 Å². The average molecular weight is 256 g/mol. The summed E-state index contributed by atoms with van der Waals surface area (Å²) in [5, 5.41) is 8.57. The summed E-state index contributed by atoms with van der Waals surface area (Å²) in [6.45, 7) is 5.61. The van der Waals surface area contributed by atoms with Crippen LogP contribution in [0.15, 0.2) is 0 Å². The average Bonchev–Trinajstić information content (AvgIpc) is 2.27. The lowest BCUT2D eigenvalue weighted by Crippen LogP contribution is -2.49. The molecule has 0 bridgehead atoms. The molecule has 18 heavy (non-hydrogen) atoms. The van der Waals surface area contributed by atoms with Gasteiger partial charge in [-0.3, -0.25) is 4.79 Å². The lowest BCUT2D eigenvalue weighted by atomic mass is 9.94. The first-order valence-corrected chi connectivity index (χ1v) is 6.65. The van der Waals surface area contributed by atoms with Crippen molar-refractivity contribution < 1.29 is 14.7 Å². The third-order valence-corrected chi connectivity index (χ3v) is 3.59. The van der Waals surface area contributed by atoms with Crippen LogP contribution in [0.3, 0.4) is 0 Å². The van der Waals surface area contributed by atoms with Gasteiger partial charge in [-0.15, -0.1) is 0 Å².